The molecule has 2 amide bonds. The van der Waals surface area contributed by atoms with Gasteiger partial charge in [-0.25, -0.2) is 0 Å². The van der Waals surface area contributed by atoms with Crippen LogP contribution >= 0.6 is 23.4 Å². The fourth-order valence-electron chi connectivity index (χ4n) is 2.76. The first-order valence-corrected chi connectivity index (χ1v) is 9.53. The third-order valence-electron chi connectivity index (χ3n) is 4.01. The van der Waals surface area contributed by atoms with E-state index in [0.29, 0.717) is 16.5 Å². The molecule has 6 heteroatoms. The van der Waals surface area contributed by atoms with E-state index in [1.165, 1.54) is 29.3 Å². The average molecular weight is 375 g/mol. The number of hydrogen-bond donors (Lipinski definition) is 2. The molecule has 0 fully saturated rings. The molecule has 0 saturated heterocycles. The first kappa shape index (κ1) is 17.8. The maximum atomic E-state index is 11.9. The fraction of sp³-hybridized carbons (Fsp3) is 0.263. The van der Waals surface area contributed by atoms with Crippen LogP contribution in [0.2, 0.25) is 5.02 Å². The van der Waals surface area contributed by atoms with E-state index in [9.17, 15) is 9.59 Å². The van der Waals surface area contributed by atoms with Crippen LogP contribution in [0.4, 0.5) is 5.69 Å². The lowest BCUT2D eigenvalue weighted by Gasteiger charge is -2.08. The lowest BCUT2D eigenvalue weighted by Crippen LogP contribution is -2.33. The van der Waals surface area contributed by atoms with E-state index in [-0.39, 0.29) is 18.4 Å². The number of anilines is 1. The summed E-state index contributed by atoms with van der Waals surface area (Å²) in [4.78, 5) is 24.9. The van der Waals surface area contributed by atoms with Gasteiger partial charge in [-0.2, -0.15) is 0 Å². The second-order valence-electron chi connectivity index (χ2n) is 5.90. The van der Waals surface area contributed by atoms with Crippen molar-refractivity contribution in [2.24, 2.45) is 0 Å². The van der Waals surface area contributed by atoms with Gasteiger partial charge in [0.05, 0.1) is 12.3 Å². The van der Waals surface area contributed by atoms with Crippen molar-refractivity contribution < 1.29 is 9.59 Å². The Morgan fingerprint density at radius 1 is 1.00 bits per heavy atom. The minimum Gasteiger partial charge on any atom is -0.346 e. The Kier molecular flexibility index (Phi) is 6.00. The summed E-state index contributed by atoms with van der Waals surface area (Å²) >= 11 is 7.29. The SMILES string of the molecule is O=C(CSc1ccc2c(c1)CCC2)NCC(=O)Nc1ccc(Cl)cc1. The summed E-state index contributed by atoms with van der Waals surface area (Å²) in [6, 6.07) is 13.2. The molecule has 0 spiro atoms. The highest BCUT2D eigenvalue weighted by Gasteiger charge is 2.12. The number of amides is 2. The number of halogens is 1. The smallest absolute Gasteiger partial charge is 0.243 e. The zero-order valence-electron chi connectivity index (χ0n) is 13.7. The van der Waals surface area contributed by atoms with E-state index in [1.54, 1.807) is 24.3 Å². The van der Waals surface area contributed by atoms with Crippen LogP contribution in [-0.2, 0) is 22.4 Å². The monoisotopic (exact) mass is 374 g/mol. The topological polar surface area (TPSA) is 58.2 Å². The molecule has 25 heavy (non-hydrogen) atoms. The van der Waals surface area contributed by atoms with Gasteiger partial charge in [0, 0.05) is 15.6 Å². The summed E-state index contributed by atoms with van der Waals surface area (Å²) in [5.41, 5.74) is 3.47. The van der Waals surface area contributed by atoms with Crippen molar-refractivity contribution in [3.63, 3.8) is 0 Å². The molecule has 0 heterocycles. The van der Waals surface area contributed by atoms with Crippen molar-refractivity contribution in [2.75, 3.05) is 17.6 Å². The molecule has 0 unspecified atom stereocenters. The van der Waals surface area contributed by atoms with E-state index in [0.717, 1.165) is 17.7 Å². The van der Waals surface area contributed by atoms with Crippen molar-refractivity contribution in [3.05, 3.63) is 58.6 Å². The number of carbonyl (C=O) groups is 2. The predicted molar refractivity (Wildman–Crippen MR) is 102 cm³/mol. The quantitative estimate of drug-likeness (QED) is 0.758. The Morgan fingerprint density at radius 2 is 1.76 bits per heavy atom. The highest BCUT2D eigenvalue weighted by molar-refractivity contribution is 8.00. The fourth-order valence-corrected chi connectivity index (χ4v) is 3.67. The third kappa shape index (κ3) is 5.25. The largest absolute Gasteiger partial charge is 0.346 e. The van der Waals surface area contributed by atoms with Crippen LogP contribution in [0.3, 0.4) is 0 Å². The molecule has 2 N–H and O–H groups in total. The predicted octanol–water partition coefficient (Wildman–Crippen LogP) is 3.68. The van der Waals surface area contributed by atoms with Gasteiger partial charge >= 0.3 is 0 Å². The number of nitrogens with one attached hydrogen (secondary N) is 2. The zero-order chi connectivity index (χ0) is 17.6. The molecule has 0 aliphatic heterocycles. The lowest BCUT2D eigenvalue weighted by molar-refractivity contribution is -0.122. The number of thioether (sulfide) groups is 1. The summed E-state index contributed by atoms with van der Waals surface area (Å²) < 4.78 is 0. The molecule has 1 aliphatic carbocycles. The van der Waals surface area contributed by atoms with Gasteiger partial charge in [-0.1, -0.05) is 17.7 Å². The third-order valence-corrected chi connectivity index (χ3v) is 5.26. The standard InChI is InChI=1S/C19H19ClN2O2S/c20-15-5-7-16(8-6-15)22-18(23)11-21-19(24)12-25-17-9-4-13-2-1-3-14(13)10-17/h4-10H,1-3,11-12H2,(H,21,24)(H,22,23). The van der Waals surface area contributed by atoms with E-state index in [1.807, 2.05) is 0 Å². The van der Waals surface area contributed by atoms with Crippen molar-refractivity contribution >= 4 is 40.9 Å². The summed E-state index contributed by atoms with van der Waals surface area (Å²) in [6.45, 7) is -0.0494. The van der Waals surface area contributed by atoms with E-state index in [2.05, 4.69) is 28.8 Å². The second-order valence-corrected chi connectivity index (χ2v) is 7.39. The highest BCUT2D eigenvalue weighted by Crippen LogP contribution is 2.27. The van der Waals surface area contributed by atoms with Crippen molar-refractivity contribution in [3.8, 4) is 0 Å². The van der Waals surface area contributed by atoms with Crippen LogP contribution in [0.15, 0.2) is 47.4 Å². The molecule has 0 aromatic heterocycles. The van der Waals surface area contributed by atoms with Crippen LogP contribution in [0.25, 0.3) is 0 Å². The van der Waals surface area contributed by atoms with Gasteiger partial charge < -0.3 is 10.6 Å². The molecule has 2 aromatic carbocycles. The van der Waals surface area contributed by atoms with E-state index >= 15 is 0 Å². The van der Waals surface area contributed by atoms with Gasteiger partial charge in [-0.05, 0) is 66.8 Å². The number of rotatable bonds is 6. The second kappa shape index (κ2) is 8.41. The molecule has 130 valence electrons. The number of fused-ring (bicyclic) bond motifs is 1. The van der Waals surface area contributed by atoms with Gasteiger partial charge in [-0.3, -0.25) is 9.59 Å². The Bertz CT molecular complexity index is 777. The lowest BCUT2D eigenvalue weighted by atomic mass is 10.1. The minimum absolute atomic E-state index is 0.0494. The van der Waals surface area contributed by atoms with Crippen LogP contribution in [0, 0.1) is 0 Å². The zero-order valence-corrected chi connectivity index (χ0v) is 15.3. The van der Waals surface area contributed by atoms with Gasteiger partial charge in [0.1, 0.15) is 0 Å². The molecule has 0 radical (unpaired) electrons. The molecule has 2 aromatic rings. The van der Waals surface area contributed by atoms with Crippen LogP contribution in [0.5, 0.6) is 0 Å². The molecule has 3 rings (SSSR count). The van der Waals surface area contributed by atoms with Crippen molar-refractivity contribution in [2.45, 2.75) is 24.2 Å². The Labute approximate surface area is 156 Å². The van der Waals surface area contributed by atoms with Gasteiger partial charge in [-0.15, -0.1) is 11.8 Å². The first-order valence-electron chi connectivity index (χ1n) is 8.17. The summed E-state index contributed by atoms with van der Waals surface area (Å²) in [5, 5.41) is 5.95. The summed E-state index contributed by atoms with van der Waals surface area (Å²) in [7, 11) is 0. The molecule has 0 bridgehead atoms. The van der Waals surface area contributed by atoms with Gasteiger partial charge in [0.15, 0.2) is 0 Å². The first-order chi connectivity index (χ1) is 12.1. The Morgan fingerprint density at radius 3 is 2.56 bits per heavy atom. The van der Waals surface area contributed by atoms with E-state index in [4.69, 9.17) is 11.6 Å². The summed E-state index contributed by atoms with van der Waals surface area (Å²) in [5.74, 6) is -0.123. The Hall–Kier alpha value is -1.98. The molecule has 1 aliphatic rings. The molecular formula is C19H19ClN2O2S. The molecule has 4 nitrogen and oxygen atoms in total. The van der Waals surface area contributed by atoms with Gasteiger partial charge in [0.25, 0.3) is 0 Å². The summed E-state index contributed by atoms with van der Waals surface area (Å²) in [6.07, 6.45) is 3.50. The Balaban J connectivity index is 1.40. The average Bonchev–Trinajstić information content (AvgIpc) is 3.08. The molecule has 0 atom stereocenters. The van der Waals surface area contributed by atoms with Crippen LogP contribution in [0.1, 0.15) is 17.5 Å². The maximum Gasteiger partial charge on any atom is 0.243 e. The van der Waals surface area contributed by atoms with Crippen molar-refractivity contribution in [1.29, 1.82) is 0 Å². The molecular weight excluding hydrogens is 356 g/mol. The number of benzene rings is 2. The minimum atomic E-state index is -0.266. The number of carbonyl (C=O) groups excluding carboxylic acids is 2. The normalized spacial score (nSPS) is 12.5. The van der Waals surface area contributed by atoms with E-state index < -0.39 is 0 Å². The van der Waals surface area contributed by atoms with Crippen molar-refractivity contribution in [1.82, 2.24) is 5.32 Å². The number of aryl methyl sites for hydroxylation is 2. The molecule has 0 saturated carbocycles. The maximum absolute atomic E-state index is 11.9. The van der Waals surface area contributed by atoms with Crippen LogP contribution in [-0.4, -0.2) is 24.1 Å². The van der Waals surface area contributed by atoms with Gasteiger partial charge in [0.2, 0.25) is 11.8 Å². The van der Waals surface area contributed by atoms with Crippen LogP contribution < -0.4 is 10.6 Å². The number of hydrogen-bond acceptors (Lipinski definition) is 3. The highest BCUT2D eigenvalue weighted by atomic mass is 35.5.